The molecular weight excluding hydrogens is 470 g/mol. The van der Waals surface area contributed by atoms with E-state index < -0.39 is 6.09 Å². The molecule has 0 aromatic heterocycles. The largest absolute Gasteiger partial charge is 0.465 e. The molecule has 5 saturated carbocycles. The van der Waals surface area contributed by atoms with E-state index in [1.165, 1.54) is 44.9 Å². The topological polar surface area (TPSA) is 69.6 Å². The molecule has 38 heavy (non-hydrogen) atoms. The minimum atomic E-state index is -0.827. The van der Waals surface area contributed by atoms with Gasteiger partial charge in [0, 0.05) is 5.54 Å². The van der Waals surface area contributed by atoms with Crippen LogP contribution in [0.2, 0.25) is 0 Å². The third-order valence-electron chi connectivity index (χ3n) is 12.7. The van der Waals surface area contributed by atoms with E-state index in [4.69, 9.17) is 0 Å². The Morgan fingerprint density at radius 2 is 1.39 bits per heavy atom. The van der Waals surface area contributed by atoms with Gasteiger partial charge in [-0.2, -0.15) is 0 Å². The van der Waals surface area contributed by atoms with E-state index in [2.05, 4.69) is 74.6 Å². The van der Waals surface area contributed by atoms with Crippen molar-refractivity contribution in [1.29, 1.82) is 0 Å². The summed E-state index contributed by atoms with van der Waals surface area (Å²) in [6, 6.07) is 0. The van der Waals surface area contributed by atoms with Crippen molar-refractivity contribution >= 4 is 6.09 Å². The summed E-state index contributed by atoms with van der Waals surface area (Å²) in [4.78, 5) is 11.7. The molecule has 0 aromatic rings. The highest BCUT2D eigenvalue weighted by Gasteiger charge is 2.70. The van der Waals surface area contributed by atoms with Crippen LogP contribution in [0.1, 0.15) is 146 Å². The average molecular weight is 534 g/mol. The first-order valence-corrected chi connectivity index (χ1v) is 16.2. The summed E-state index contributed by atoms with van der Waals surface area (Å²) in [6.07, 6.45) is 13.0. The Balaban J connectivity index is 0.000000515. The van der Waals surface area contributed by atoms with Crippen LogP contribution in [0.4, 0.5) is 4.79 Å². The zero-order valence-electron chi connectivity index (χ0n) is 26.8. The molecule has 4 nitrogen and oxygen atoms in total. The molecule has 1 amide bonds. The Morgan fingerprint density at radius 3 is 1.97 bits per heavy atom. The van der Waals surface area contributed by atoms with E-state index in [9.17, 15) is 15.0 Å². The molecule has 5 rings (SSSR count). The summed E-state index contributed by atoms with van der Waals surface area (Å²) < 4.78 is 0. The second kappa shape index (κ2) is 11.2. The minimum absolute atomic E-state index is 0.00463. The Labute approximate surface area is 235 Å². The predicted octanol–water partition coefficient (Wildman–Crippen LogP) is 9.30. The van der Waals surface area contributed by atoms with Crippen molar-refractivity contribution in [2.75, 3.05) is 0 Å². The summed E-state index contributed by atoms with van der Waals surface area (Å²) in [5, 5.41) is 23.5. The zero-order valence-corrected chi connectivity index (χ0v) is 26.8. The van der Waals surface area contributed by atoms with Gasteiger partial charge in [-0.25, -0.2) is 4.79 Å². The number of aliphatic hydroxyl groups is 1. The number of aliphatic hydroxyl groups excluding tert-OH is 1. The summed E-state index contributed by atoms with van der Waals surface area (Å²) >= 11 is 0. The van der Waals surface area contributed by atoms with Crippen molar-refractivity contribution in [2.24, 2.45) is 51.2 Å². The molecule has 7 unspecified atom stereocenters. The minimum Gasteiger partial charge on any atom is -0.465 e. The van der Waals surface area contributed by atoms with E-state index in [0.29, 0.717) is 39.9 Å². The highest BCUT2D eigenvalue weighted by molar-refractivity contribution is 5.66. The first kappa shape index (κ1) is 31.8. The maximum Gasteiger partial charge on any atom is 0.405 e. The average Bonchev–Trinajstić information content (AvgIpc) is 3.20. The third kappa shape index (κ3) is 5.07. The van der Waals surface area contributed by atoms with Crippen molar-refractivity contribution < 1.29 is 15.0 Å². The van der Waals surface area contributed by atoms with Crippen LogP contribution in [-0.4, -0.2) is 27.9 Å². The van der Waals surface area contributed by atoms with Crippen LogP contribution in [-0.2, 0) is 0 Å². The van der Waals surface area contributed by atoms with Crippen LogP contribution >= 0.6 is 0 Å². The van der Waals surface area contributed by atoms with Gasteiger partial charge in [-0.05, 0) is 115 Å². The van der Waals surface area contributed by atoms with Gasteiger partial charge in [-0.15, -0.1) is 0 Å². The van der Waals surface area contributed by atoms with Gasteiger partial charge in [0.1, 0.15) is 0 Å². The van der Waals surface area contributed by atoms with Crippen molar-refractivity contribution in [3.63, 3.8) is 0 Å². The number of rotatable bonds is 1. The molecule has 0 heterocycles. The van der Waals surface area contributed by atoms with E-state index in [1.807, 2.05) is 0 Å². The Hall–Kier alpha value is -0.770. The molecule has 0 aliphatic heterocycles. The lowest BCUT2D eigenvalue weighted by molar-refractivity contribution is -0.241. The summed E-state index contributed by atoms with van der Waals surface area (Å²) in [6.45, 7) is 23.2. The molecular formula is C34H63NO3. The molecule has 4 heteroatoms. The summed E-state index contributed by atoms with van der Waals surface area (Å²) in [7, 11) is 0. The highest BCUT2D eigenvalue weighted by atomic mass is 16.4. The number of carbonyl (C=O) groups is 1. The molecule has 0 radical (unpaired) electrons. The first-order valence-electron chi connectivity index (χ1n) is 16.2. The molecule has 3 N–H and O–H groups in total. The molecule has 0 saturated heterocycles. The Kier molecular flexibility index (Phi) is 9.40. The number of hydrogen-bond acceptors (Lipinski definition) is 2. The standard InChI is InChI=1S/C27H45NO3.C4H10.C3H8/c1-23(2)19-10-14-26(5)20(24(19,3)13-11-21(23)29)9-8-17-18-7-6-12-27(18,28-22(30)31)16-15-25(17,26)4;1-4(2)3;1-3-2/h17-21,28-29H,6-16H2,1-5H3,(H,30,31);4H,1-3H3;3H2,1-2H3/t17?,18-,19?,20?,21?,24?,25-,26?,27?;;/m1../s1. The van der Waals surface area contributed by atoms with Gasteiger partial charge in [-0.1, -0.05) is 82.1 Å². The lowest BCUT2D eigenvalue weighted by atomic mass is 9.33. The fourth-order valence-electron chi connectivity index (χ4n) is 11.0. The van der Waals surface area contributed by atoms with Gasteiger partial charge in [-0.3, -0.25) is 0 Å². The molecule has 5 aliphatic carbocycles. The van der Waals surface area contributed by atoms with E-state index in [0.717, 1.165) is 38.0 Å². The van der Waals surface area contributed by atoms with Crippen molar-refractivity contribution in [2.45, 2.75) is 158 Å². The van der Waals surface area contributed by atoms with Crippen molar-refractivity contribution in [3.8, 4) is 0 Å². The number of nitrogens with one attached hydrogen (secondary N) is 1. The van der Waals surface area contributed by atoms with E-state index in [1.54, 1.807) is 0 Å². The second-order valence-electron chi connectivity index (χ2n) is 16.1. The molecule has 5 aliphatic rings. The molecule has 0 spiro atoms. The Bertz CT molecular complexity index is 822. The van der Waals surface area contributed by atoms with Crippen molar-refractivity contribution in [3.05, 3.63) is 0 Å². The van der Waals surface area contributed by atoms with Gasteiger partial charge in [0.2, 0.25) is 0 Å². The van der Waals surface area contributed by atoms with Crippen LogP contribution in [0.3, 0.4) is 0 Å². The fraction of sp³-hybridized carbons (Fsp3) is 0.971. The number of carboxylic acid groups (broad SMARTS) is 1. The SMILES string of the molecule is CC(C)C.CC1(C)C(O)CCC2(C)C1CCC1(C)C2CCC2[C@H]3CCCC3(NC(=O)O)CC[C@]21C.CCC. The summed E-state index contributed by atoms with van der Waals surface area (Å²) in [5.41, 5.74) is 0.759. The van der Waals surface area contributed by atoms with Crippen LogP contribution in [0.25, 0.3) is 0 Å². The number of amides is 1. The predicted molar refractivity (Wildman–Crippen MR) is 159 cm³/mol. The molecule has 5 fully saturated rings. The third-order valence-corrected chi connectivity index (χ3v) is 12.7. The number of hydrogen-bond donors (Lipinski definition) is 3. The van der Waals surface area contributed by atoms with Gasteiger partial charge in [0.15, 0.2) is 0 Å². The maximum absolute atomic E-state index is 11.7. The quantitative estimate of drug-likeness (QED) is 0.314. The van der Waals surface area contributed by atoms with Gasteiger partial charge in [0.05, 0.1) is 6.10 Å². The van der Waals surface area contributed by atoms with Gasteiger partial charge < -0.3 is 15.5 Å². The molecule has 222 valence electrons. The van der Waals surface area contributed by atoms with Gasteiger partial charge in [0.25, 0.3) is 0 Å². The van der Waals surface area contributed by atoms with Crippen molar-refractivity contribution in [1.82, 2.24) is 5.32 Å². The van der Waals surface area contributed by atoms with E-state index >= 15 is 0 Å². The lowest BCUT2D eigenvalue weighted by Gasteiger charge is -2.72. The van der Waals surface area contributed by atoms with Crippen LogP contribution in [0.15, 0.2) is 0 Å². The molecule has 9 atom stereocenters. The fourth-order valence-corrected chi connectivity index (χ4v) is 11.0. The summed E-state index contributed by atoms with van der Waals surface area (Å²) in [5.74, 6) is 3.30. The second-order valence-corrected chi connectivity index (χ2v) is 16.1. The van der Waals surface area contributed by atoms with Crippen LogP contribution in [0, 0.1) is 51.2 Å². The maximum atomic E-state index is 11.7. The van der Waals surface area contributed by atoms with Gasteiger partial charge >= 0.3 is 6.09 Å². The lowest BCUT2D eigenvalue weighted by Crippen LogP contribution is -2.68. The smallest absolute Gasteiger partial charge is 0.405 e. The van der Waals surface area contributed by atoms with E-state index in [-0.39, 0.29) is 17.1 Å². The Morgan fingerprint density at radius 1 is 0.789 bits per heavy atom. The molecule has 0 aromatic carbocycles. The highest BCUT2D eigenvalue weighted by Crippen LogP contribution is 2.75. The molecule has 0 bridgehead atoms. The van der Waals surface area contributed by atoms with Crippen LogP contribution < -0.4 is 5.32 Å². The normalized spacial score (nSPS) is 46.6. The first-order chi connectivity index (χ1) is 17.6. The van der Waals surface area contributed by atoms with Crippen LogP contribution in [0.5, 0.6) is 0 Å². The number of fused-ring (bicyclic) bond motifs is 7. The zero-order chi connectivity index (χ0) is 28.7. The monoisotopic (exact) mass is 533 g/mol.